The van der Waals surface area contributed by atoms with Crippen molar-refractivity contribution in [3.63, 3.8) is 0 Å². The fourth-order valence-corrected chi connectivity index (χ4v) is 2.64. The zero-order valence-electron chi connectivity index (χ0n) is 15.3. The Balaban J connectivity index is 3.14. The van der Waals surface area contributed by atoms with Crippen LogP contribution in [-0.4, -0.2) is 24.2 Å². The van der Waals surface area contributed by atoms with Gasteiger partial charge in [0.1, 0.15) is 0 Å². The summed E-state index contributed by atoms with van der Waals surface area (Å²) in [6, 6.07) is 0. The number of rotatable bonds is 17. The number of allylic oxidation sites excluding steroid dienone is 2. The van der Waals surface area contributed by atoms with E-state index in [1.165, 1.54) is 70.6 Å². The highest BCUT2D eigenvalue weighted by atomic mass is 16.3. The molecule has 0 heterocycles. The first-order chi connectivity index (χ1) is 11.3. The molecule has 0 radical (unpaired) electrons. The number of hydrogen-bond donors (Lipinski definition) is 2. The quantitative estimate of drug-likeness (QED) is 0.287. The average Bonchev–Trinajstić information content (AvgIpc) is 2.56. The molecule has 0 saturated heterocycles. The second kappa shape index (κ2) is 19.2. The van der Waals surface area contributed by atoms with E-state index in [1.807, 2.05) is 0 Å². The molecule has 2 N–H and O–H groups in total. The number of amides is 1. The summed E-state index contributed by atoms with van der Waals surface area (Å²) < 4.78 is 0. The van der Waals surface area contributed by atoms with E-state index in [0.29, 0.717) is 13.0 Å². The molecule has 0 fully saturated rings. The molecule has 0 atom stereocenters. The van der Waals surface area contributed by atoms with Crippen LogP contribution in [0.15, 0.2) is 12.2 Å². The minimum absolute atomic E-state index is 0.0259. The summed E-state index contributed by atoms with van der Waals surface area (Å²) in [5, 5.41) is 11.3. The van der Waals surface area contributed by atoms with Gasteiger partial charge in [-0.25, -0.2) is 0 Å². The second-order valence-electron chi connectivity index (χ2n) is 6.41. The van der Waals surface area contributed by atoms with Gasteiger partial charge in [0, 0.05) is 13.0 Å². The first kappa shape index (κ1) is 22.2. The summed E-state index contributed by atoms with van der Waals surface area (Å²) >= 11 is 0. The van der Waals surface area contributed by atoms with Gasteiger partial charge in [-0.2, -0.15) is 0 Å². The summed E-state index contributed by atoms with van der Waals surface area (Å²) in [6.07, 6.45) is 21.8. The summed E-state index contributed by atoms with van der Waals surface area (Å²) in [6.45, 7) is 2.67. The minimum atomic E-state index is 0.0259. The molecule has 23 heavy (non-hydrogen) atoms. The maximum atomic E-state index is 11.3. The number of aliphatic hydroxyl groups excluding tert-OH is 1. The molecule has 3 nitrogen and oxygen atoms in total. The molecule has 136 valence electrons. The van der Waals surface area contributed by atoms with E-state index in [0.717, 1.165) is 12.8 Å². The highest BCUT2D eigenvalue weighted by Crippen LogP contribution is 2.09. The smallest absolute Gasteiger partial charge is 0.220 e. The van der Waals surface area contributed by atoms with E-state index in [1.54, 1.807) is 0 Å². The predicted octanol–water partition coefficient (Wildman–Crippen LogP) is 5.13. The largest absolute Gasteiger partial charge is 0.395 e. The van der Waals surface area contributed by atoms with Crippen molar-refractivity contribution < 1.29 is 9.90 Å². The van der Waals surface area contributed by atoms with Crippen LogP contribution < -0.4 is 5.32 Å². The molecule has 0 spiro atoms. The number of nitrogens with one attached hydrogen (secondary N) is 1. The zero-order valence-corrected chi connectivity index (χ0v) is 15.3. The van der Waals surface area contributed by atoms with Crippen LogP contribution in [0.2, 0.25) is 0 Å². The number of aliphatic hydroxyl groups is 1. The van der Waals surface area contributed by atoms with Crippen LogP contribution in [0.25, 0.3) is 0 Å². The third kappa shape index (κ3) is 19.1. The van der Waals surface area contributed by atoms with E-state index in [2.05, 4.69) is 24.4 Å². The lowest BCUT2D eigenvalue weighted by atomic mass is 10.1. The van der Waals surface area contributed by atoms with Crippen molar-refractivity contribution in [2.45, 2.75) is 96.8 Å². The highest BCUT2D eigenvalue weighted by molar-refractivity contribution is 5.75. The van der Waals surface area contributed by atoms with Crippen LogP contribution in [0.1, 0.15) is 96.8 Å². The van der Waals surface area contributed by atoms with Crippen LogP contribution in [0.4, 0.5) is 0 Å². The summed E-state index contributed by atoms with van der Waals surface area (Å²) in [5.74, 6) is 0.0664. The lowest BCUT2D eigenvalue weighted by Crippen LogP contribution is -2.25. The molecule has 0 aromatic heterocycles. The zero-order chi connectivity index (χ0) is 17.0. The number of hydrogen-bond acceptors (Lipinski definition) is 2. The van der Waals surface area contributed by atoms with Crippen molar-refractivity contribution in [3.05, 3.63) is 12.2 Å². The van der Waals surface area contributed by atoms with Crippen molar-refractivity contribution in [1.82, 2.24) is 5.32 Å². The Bertz CT molecular complexity index is 277. The van der Waals surface area contributed by atoms with Gasteiger partial charge < -0.3 is 10.4 Å². The van der Waals surface area contributed by atoms with E-state index in [9.17, 15) is 4.79 Å². The molecule has 0 saturated carbocycles. The van der Waals surface area contributed by atoms with Crippen molar-refractivity contribution in [2.24, 2.45) is 0 Å². The van der Waals surface area contributed by atoms with Crippen LogP contribution in [0.3, 0.4) is 0 Å². The van der Waals surface area contributed by atoms with Crippen LogP contribution >= 0.6 is 0 Å². The van der Waals surface area contributed by atoms with Gasteiger partial charge in [-0.05, 0) is 32.1 Å². The van der Waals surface area contributed by atoms with Gasteiger partial charge in [0.25, 0.3) is 0 Å². The van der Waals surface area contributed by atoms with Crippen molar-refractivity contribution in [1.29, 1.82) is 0 Å². The lowest BCUT2D eigenvalue weighted by molar-refractivity contribution is -0.121. The van der Waals surface area contributed by atoms with Crippen LogP contribution in [-0.2, 0) is 4.79 Å². The minimum Gasteiger partial charge on any atom is -0.395 e. The third-order valence-corrected chi connectivity index (χ3v) is 4.10. The maximum absolute atomic E-state index is 11.3. The number of carbonyl (C=O) groups is 1. The van der Waals surface area contributed by atoms with E-state index in [-0.39, 0.29) is 12.5 Å². The molecular weight excluding hydrogens is 286 g/mol. The molecule has 0 aliphatic carbocycles. The summed E-state index contributed by atoms with van der Waals surface area (Å²) in [4.78, 5) is 11.3. The Morgan fingerprint density at radius 1 is 0.826 bits per heavy atom. The monoisotopic (exact) mass is 325 g/mol. The Labute approximate surface area is 143 Å². The van der Waals surface area contributed by atoms with E-state index < -0.39 is 0 Å². The van der Waals surface area contributed by atoms with Gasteiger partial charge in [-0.1, -0.05) is 70.4 Å². The maximum Gasteiger partial charge on any atom is 0.220 e. The van der Waals surface area contributed by atoms with Crippen LogP contribution in [0, 0.1) is 0 Å². The van der Waals surface area contributed by atoms with Crippen molar-refractivity contribution >= 4 is 5.91 Å². The predicted molar refractivity (Wildman–Crippen MR) is 99.5 cm³/mol. The Morgan fingerprint density at radius 2 is 1.35 bits per heavy atom. The first-order valence-corrected chi connectivity index (χ1v) is 9.83. The molecule has 3 heteroatoms. The van der Waals surface area contributed by atoms with Crippen molar-refractivity contribution in [3.8, 4) is 0 Å². The molecule has 0 aliphatic rings. The Hall–Kier alpha value is -0.830. The van der Waals surface area contributed by atoms with Gasteiger partial charge in [-0.15, -0.1) is 0 Å². The first-order valence-electron chi connectivity index (χ1n) is 9.83. The SMILES string of the molecule is CCCCCCCC/C=C/CCCCCCCC(=O)NCCO. The standard InChI is InChI=1S/C20H39NO2/c1-2-3-4-5-6-7-8-9-10-11-12-13-14-15-16-17-20(23)21-18-19-22/h9-10,22H,2-8,11-19H2,1H3,(H,21,23)/b10-9+. The normalized spacial score (nSPS) is 11.2. The van der Waals surface area contributed by atoms with Gasteiger partial charge in [0.2, 0.25) is 5.91 Å². The molecule has 0 aromatic rings. The van der Waals surface area contributed by atoms with Crippen LogP contribution in [0.5, 0.6) is 0 Å². The van der Waals surface area contributed by atoms with E-state index >= 15 is 0 Å². The molecular formula is C20H39NO2. The Kier molecular flexibility index (Phi) is 18.5. The topological polar surface area (TPSA) is 49.3 Å². The number of carbonyl (C=O) groups excluding carboxylic acids is 1. The fraction of sp³-hybridized carbons (Fsp3) is 0.850. The van der Waals surface area contributed by atoms with Gasteiger partial charge in [-0.3, -0.25) is 4.79 Å². The summed E-state index contributed by atoms with van der Waals surface area (Å²) in [5.41, 5.74) is 0. The molecule has 0 rings (SSSR count). The van der Waals surface area contributed by atoms with Gasteiger partial charge in [0.05, 0.1) is 6.61 Å². The molecule has 0 bridgehead atoms. The van der Waals surface area contributed by atoms with Gasteiger partial charge in [0.15, 0.2) is 0 Å². The second-order valence-corrected chi connectivity index (χ2v) is 6.41. The molecule has 0 aromatic carbocycles. The lowest BCUT2D eigenvalue weighted by Gasteiger charge is -2.03. The van der Waals surface area contributed by atoms with Gasteiger partial charge >= 0.3 is 0 Å². The van der Waals surface area contributed by atoms with Crippen molar-refractivity contribution in [2.75, 3.05) is 13.2 Å². The molecule has 0 aliphatic heterocycles. The van der Waals surface area contributed by atoms with E-state index in [4.69, 9.17) is 5.11 Å². The number of unbranched alkanes of at least 4 members (excludes halogenated alkanes) is 11. The highest BCUT2D eigenvalue weighted by Gasteiger charge is 1.99. The molecule has 0 unspecified atom stereocenters. The Morgan fingerprint density at radius 3 is 1.91 bits per heavy atom. The molecule has 1 amide bonds. The average molecular weight is 326 g/mol. The third-order valence-electron chi connectivity index (χ3n) is 4.10. The summed E-state index contributed by atoms with van der Waals surface area (Å²) in [7, 11) is 0. The fourth-order valence-electron chi connectivity index (χ4n) is 2.64.